The third kappa shape index (κ3) is 1.88. The van der Waals surface area contributed by atoms with Gasteiger partial charge in [-0.1, -0.05) is 6.92 Å². The fourth-order valence-electron chi connectivity index (χ4n) is 2.02. The maximum absolute atomic E-state index is 11.1. The molecule has 0 saturated heterocycles. The molecule has 0 spiro atoms. The lowest BCUT2D eigenvalue weighted by Gasteiger charge is -2.08. The Labute approximate surface area is 100 Å². The van der Waals surface area contributed by atoms with E-state index in [2.05, 4.69) is 17.0 Å². The second kappa shape index (κ2) is 4.53. The highest BCUT2D eigenvalue weighted by Crippen LogP contribution is 2.18. The van der Waals surface area contributed by atoms with Gasteiger partial charge in [-0.05, 0) is 13.3 Å². The van der Waals surface area contributed by atoms with Crippen LogP contribution in [0.25, 0.3) is 5.82 Å². The molecule has 0 amide bonds. The van der Waals surface area contributed by atoms with Crippen molar-refractivity contribution in [3.8, 4) is 5.82 Å². The predicted molar refractivity (Wildman–Crippen MR) is 64.4 cm³/mol. The molecule has 2 heterocycles. The van der Waals surface area contributed by atoms with Crippen LogP contribution >= 0.6 is 0 Å². The number of hydrogen-bond donors (Lipinski definition) is 0. The lowest BCUT2D eigenvalue weighted by molar-refractivity contribution is 0.112. The van der Waals surface area contributed by atoms with E-state index in [4.69, 9.17) is 0 Å². The molecule has 0 aliphatic heterocycles. The Morgan fingerprint density at radius 2 is 2.24 bits per heavy atom. The van der Waals surface area contributed by atoms with Crippen molar-refractivity contribution < 1.29 is 4.79 Å². The average molecular weight is 232 g/mol. The van der Waals surface area contributed by atoms with Crippen LogP contribution in [-0.2, 0) is 13.5 Å². The van der Waals surface area contributed by atoms with E-state index in [-0.39, 0.29) is 0 Å². The molecule has 0 unspecified atom stereocenters. The standard InChI is InChI=1S/C12H16N4O/c1-4-5-11-13-6-7-16(11)12-10(8-17)9(2)14-15(12)3/h6-8H,4-5H2,1-3H3. The van der Waals surface area contributed by atoms with Crippen LogP contribution in [-0.4, -0.2) is 25.6 Å². The van der Waals surface area contributed by atoms with Crippen molar-refractivity contribution in [3.63, 3.8) is 0 Å². The molecule has 2 rings (SSSR count). The zero-order chi connectivity index (χ0) is 12.4. The minimum absolute atomic E-state index is 0.628. The highest BCUT2D eigenvalue weighted by Gasteiger charge is 2.16. The van der Waals surface area contributed by atoms with Crippen molar-refractivity contribution in [2.45, 2.75) is 26.7 Å². The summed E-state index contributed by atoms with van der Waals surface area (Å²) in [4.78, 5) is 15.5. The summed E-state index contributed by atoms with van der Waals surface area (Å²) in [6.45, 7) is 3.94. The van der Waals surface area contributed by atoms with E-state index in [0.29, 0.717) is 5.56 Å². The molecule has 0 saturated carbocycles. The van der Waals surface area contributed by atoms with Crippen LogP contribution in [0.15, 0.2) is 12.4 Å². The quantitative estimate of drug-likeness (QED) is 0.754. The van der Waals surface area contributed by atoms with Crippen LogP contribution in [0.2, 0.25) is 0 Å². The molecular weight excluding hydrogens is 216 g/mol. The van der Waals surface area contributed by atoms with Gasteiger partial charge < -0.3 is 0 Å². The van der Waals surface area contributed by atoms with Crippen molar-refractivity contribution in [2.75, 3.05) is 0 Å². The molecule has 0 N–H and O–H groups in total. The van der Waals surface area contributed by atoms with Gasteiger partial charge in [-0.2, -0.15) is 5.10 Å². The summed E-state index contributed by atoms with van der Waals surface area (Å²) in [5.74, 6) is 1.75. The molecule has 2 aromatic heterocycles. The van der Waals surface area contributed by atoms with Gasteiger partial charge in [-0.15, -0.1) is 0 Å². The first-order valence-electron chi connectivity index (χ1n) is 5.70. The first kappa shape index (κ1) is 11.6. The minimum Gasteiger partial charge on any atom is -0.298 e. The van der Waals surface area contributed by atoms with E-state index >= 15 is 0 Å². The van der Waals surface area contributed by atoms with Crippen LogP contribution in [0.4, 0.5) is 0 Å². The number of hydrogen-bond acceptors (Lipinski definition) is 3. The molecule has 0 fully saturated rings. The molecular formula is C12H16N4O. The lowest BCUT2D eigenvalue weighted by atomic mass is 10.2. The topological polar surface area (TPSA) is 52.7 Å². The number of imidazole rings is 1. The van der Waals surface area contributed by atoms with Crippen LogP contribution < -0.4 is 0 Å². The SMILES string of the molecule is CCCc1nccn1-c1c(C=O)c(C)nn1C. The molecule has 0 aliphatic carbocycles. The van der Waals surface area contributed by atoms with Crippen LogP contribution in [0.1, 0.15) is 35.2 Å². The number of rotatable bonds is 4. The summed E-state index contributed by atoms with van der Waals surface area (Å²) < 4.78 is 3.66. The van der Waals surface area contributed by atoms with Gasteiger partial charge in [0.05, 0.1) is 11.3 Å². The Bertz CT molecular complexity index is 539. The summed E-state index contributed by atoms with van der Waals surface area (Å²) in [6.07, 6.45) is 6.38. The maximum Gasteiger partial charge on any atom is 0.155 e. The Morgan fingerprint density at radius 3 is 2.88 bits per heavy atom. The Balaban J connectivity index is 2.59. The lowest BCUT2D eigenvalue weighted by Crippen LogP contribution is -2.08. The third-order valence-electron chi connectivity index (χ3n) is 2.77. The van der Waals surface area contributed by atoms with Crippen molar-refractivity contribution >= 4 is 6.29 Å². The summed E-state index contributed by atoms with van der Waals surface area (Å²) in [5, 5.41) is 4.28. The second-order valence-corrected chi connectivity index (χ2v) is 4.03. The first-order valence-corrected chi connectivity index (χ1v) is 5.70. The number of aromatic nitrogens is 4. The van der Waals surface area contributed by atoms with Crippen molar-refractivity contribution in [2.24, 2.45) is 7.05 Å². The fourth-order valence-corrected chi connectivity index (χ4v) is 2.02. The number of carbonyl (C=O) groups excluding carboxylic acids is 1. The molecule has 5 heteroatoms. The van der Waals surface area contributed by atoms with Gasteiger partial charge in [0.25, 0.3) is 0 Å². The van der Waals surface area contributed by atoms with Crippen molar-refractivity contribution in [1.29, 1.82) is 0 Å². The van der Waals surface area contributed by atoms with E-state index in [0.717, 1.165) is 36.5 Å². The van der Waals surface area contributed by atoms with E-state index < -0.39 is 0 Å². The number of carbonyl (C=O) groups is 1. The zero-order valence-electron chi connectivity index (χ0n) is 10.3. The molecule has 0 bridgehead atoms. The Morgan fingerprint density at radius 1 is 1.47 bits per heavy atom. The predicted octanol–water partition coefficient (Wildman–Crippen LogP) is 1.68. The first-order chi connectivity index (χ1) is 8.19. The van der Waals surface area contributed by atoms with Crippen LogP contribution in [0.3, 0.4) is 0 Å². The molecule has 0 atom stereocenters. The van der Waals surface area contributed by atoms with Crippen LogP contribution in [0, 0.1) is 6.92 Å². The molecule has 90 valence electrons. The fraction of sp³-hybridized carbons (Fsp3) is 0.417. The van der Waals surface area contributed by atoms with Gasteiger partial charge in [0.2, 0.25) is 0 Å². The maximum atomic E-state index is 11.1. The number of aryl methyl sites for hydroxylation is 3. The molecule has 0 aromatic carbocycles. The summed E-state index contributed by atoms with van der Waals surface area (Å²) >= 11 is 0. The third-order valence-corrected chi connectivity index (χ3v) is 2.77. The summed E-state index contributed by atoms with van der Waals surface area (Å²) in [5.41, 5.74) is 1.37. The normalized spacial score (nSPS) is 10.8. The van der Waals surface area contributed by atoms with Crippen molar-refractivity contribution in [3.05, 3.63) is 29.5 Å². The summed E-state index contributed by atoms with van der Waals surface area (Å²) in [6, 6.07) is 0. The molecule has 17 heavy (non-hydrogen) atoms. The van der Waals surface area contributed by atoms with Gasteiger partial charge >= 0.3 is 0 Å². The van der Waals surface area contributed by atoms with Gasteiger partial charge in [0, 0.05) is 25.9 Å². The monoisotopic (exact) mass is 232 g/mol. The second-order valence-electron chi connectivity index (χ2n) is 4.03. The Hall–Kier alpha value is -1.91. The van der Waals surface area contributed by atoms with E-state index in [1.807, 2.05) is 24.7 Å². The Kier molecular flexibility index (Phi) is 3.08. The molecule has 5 nitrogen and oxygen atoms in total. The highest BCUT2D eigenvalue weighted by molar-refractivity contribution is 5.81. The minimum atomic E-state index is 0.628. The molecule has 0 aliphatic rings. The average Bonchev–Trinajstić information content (AvgIpc) is 2.83. The largest absolute Gasteiger partial charge is 0.298 e. The number of nitrogens with zero attached hydrogens (tertiary/aromatic N) is 4. The highest BCUT2D eigenvalue weighted by atomic mass is 16.1. The van der Waals surface area contributed by atoms with E-state index in [9.17, 15) is 4.79 Å². The van der Waals surface area contributed by atoms with Gasteiger partial charge in [-0.3, -0.25) is 14.0 Å². The smallest absolute Gasteiger partial charge is 0.155 e. The van der Waals surface area contributed by atoms with Gasteiger partial charge in [-0.25, -0.2) is 4.98 Å². The van der Waals surface area contributed by atoms with E-state index in [1.54, 1.807) is 10.9 Å². The zero-order valence-corrected chi connectivity index (χ0v) is 10.3. The van der Waals surface area contributed by atoms with Gasteiger partial charge in [0.15, 0.2) is 6.29 Å². The number of aldehydes is 1. The molecule has 2 aromatic rings. The van der Waals surface area contributed by atoms with Gasteiger partial charge in [0.1, 0.15) is 11.6 Å². The van der Waals surface area contributed by atoms with E-state index in [1.165, 1.54) is 0 Å². The summed E-state index contributed by atoms with van der Waals surface area (Å²) in [7, 11) is 1.84. The molecule has 0 radical (unpaired) electrons. The van der Waals surface area contributed by atoms with Crippen LogP contribution in [0.5, 0.6) is 0 Å². The van der Waals surface area contributed by atoms with Crippen molar-refractivity contribution in [1.82, 2.24) is 19.3 Å².